The minimum Gasteiger partial charge on any atom is -0.255 e. The fourth-order valence-electron chi connectivity index (χ4n) is 2.61. The van der Waals surface area contributed by atoms with E-state index in [4.69, 9.17) is 0 Å². The van der Waals surface area contributed by atoms with Crippen LogP contribution in [0, 0.1) is 5.92 Å². The van der Waals surface area contributed by atoms with Gasteiger partial charge in [-0.2, -0.15) is 5.10 Å². The molecule has 1 atom stereocenters. The molecule has 118 valence electrons. The fraction of sp³-hybridized carbons (Fsp3) is 0.429. The number of hydrogen-bond donors (Lipinski definition) is 0. The van der Waals surface area contributed by atoms with Crippen molar-refractivity contribution in [3.8, 4) is 10.6 Å². The van der Waals surface area contributed by atoms with Crippen molar-refractivity contribution in [1.82, 2.24) is 14.1 Å². The molecule has 0 saturated carbocycles. The number of nitrogens with zero attached hydrogens (tertiary/aromatic N) is 3. The van der Waals surface area contributed by atoms with Gasteiger partial charge in [0, 0.05) is 25.2 Å². The van der Waals surface area contributed by atoms with Crippen LogP contribution in [0.1, 0.15) is 6.42 Å². The second kappa shape index (κ2) is 5.94. The van der Waals surface area contributed by atoms with Crippen LogP contribution in [0.5, 0.6) is 0 Å². The highest BCUT2D eigenvalue weighted by Gasteiger charge is 2.29. The van der Waals surface area contributed by atoms with Gasteiger partial charge >= 0.3 is 4.87 Å². The molecule has 6 nitrogen and oxygen atoms in total. The number of benzene rings is 1. The molecule has 1 aliphatic rings. The average Bonchev–Trinajstić information content (AvgIpc) is 3.08. The van der Waals surface area contributed by atoms with Crippen molar-refractivity contribution in [2.75, 3.05) is 19.3 Å². The second-order valence-corrected chi connectivity index (χ2v) is 8.42. The molecule has 0 N–H and O–H groups in total. The summed E-state index contributed by atoms with van der Waals surface area (Å²) in [6.45, 7) is 1.45. The zero-order chi connectivity index (χ0) is 15.7. The Kier molecular flexibility index (Phi) is 4.16. The van der Waals surface area contributed by atoms with Crippen molar-refractivity contribution in [1.29, 1.82) is 0 Å². The predicted octanol–water partition coefficient (Wildman–Crippen LogP) is 1.25. The molecule has 1 unspecified atom stereocenters. The zero-order valence-corrected chi connectivity index (χ0v) is 13.8. The van der Waals surface area contributed by atoms with Crippen LogP contribution >= 0.6 is 11.3 Å². The molecule has 3 rings (SSSR count). The first-order valence-corrected chi connectivity index (χ1v) is 9.68. The maximum absolute atomic E-state index is 12.1. The largest absolute Gasteiger partial charge is 0.325 e. The summed E-state index contributed by atoms with van der Waals surface area (Å²) in [5.74, 6) is 0.137. The normalized spacial score (nSPS) is 19.6. The number of rotatable bonds is 4. The van der Waals surface area contributed by atoms with Crippen molar-refractivity contribution in [3.63, 3.8) is 0 Å². The number of hydrogen-bond acceptors (Lipinski definition) is 5. The number of aromatic nitrogens is 2. The highest BCUT2D eigenvalue weighted by atomic mass is 32.2. The van der Waals surface area contributed by atoms with E-state index in [9.17, 15) is 13.2 Å². The van der Waals surface area contributed by atoms with E-state index in [2.05, 4.69) is 5.10 Å². The second-order valence-electron chi connectivity index (χ2n) is 5.50. The molecule has 1 fully saturated rings. The van der Waals surface area contributed by atoms with Gasteiger partial charge in [0.15, 0.2) is 0 Å². The number of sulfonamides is 1. The molecular formula is C14H17N3O3S2. The van der Waals surface area contributed by atoms with Crippen molar-refractivity contribution >= 4 is 21.4 Å². The van der Waals surface area contributed by atoms with E-state index in [-0.39, 0.29) is 10.8 Å². The Bertz CT molecular complexity index is 811. The van der Waals surface area contributed by atoms with Crippen LogP contribution in [-0.4, -0.2) is 41.8 Å². The molecular weight excluding hydrogens is 322 g/mol. The van der Waals surface area contributed by atoms with E-state index in [0.29, 0.717) is 24.6 Å². The van der Waals surface area contributed by atoms with Gasteiger partial charge in [-0.05, 0) is 12.3 Å². The first-order valence-electron chi connectivity index (χ1n) is 7.02. The molecule has 2 heterocycles. The molecule has 0 spiro atoms. The third-order valence-corrected chi connectivity index (χ3v) is 5.94. The van der Waals surface area contributed by atoms with Gasteiger partial charge in [0.05, 0.1) is 6.26 Å². The van der Waals surface area contributed by atoms with E-state index in [0.717, 1.165) is 23.3 Å². The lowest BCUT2D eigenvalue weighted by Crippen LogP contribution is -2.29. The summed E-state index contributed by atoms with van der Waals surface area (Å²) in [5.41, 5.74) is 0.924. The van der Waals surface area contributed by atoms with Gasteiger partial charge in [0.1, 0.15) is 5.01 Å². The Morgan fingerprint density at radius 2 is 2.05 bits per heavy atom. The van der Waals surface area contributed by atoms with Gasteiger partial charge < -0.3 is 0 Å². The van der Waals surface area contributed by atoms with Crippen LogP contribution in [-0.2, 0) is 16.6 Å². The van der Waals surface area contributed by atoms with Crippen LogP contribution < -0.4 is 4.87 Å². The highest BCUT2D eigenvalue weighted by Crippen LogP contribution is 2.22. The maximum Gasteiger partial charge on any atom is 0.325 e. The van der Waals surface area contributed by atoms with Crippen molar-refractivity contribution < 1.29 is 8.42 Å². The first-order chi connectivity index (χ1) is 10.4. The van der Waals surface area contributed by atoms with Crippen LogP contribution in [0.3, 0.4) is 0 Å². The Labute approximate surface area is 133 Å². The monoisotopic (exact) mass is 339 g/mol. The topological polar surface area (TPSA) is 72.3 Å². The molecule has 22 heavy (non-hydrogen) atoms. The van der Waals surface area contributed by atoms with Gasteiger partial charge in [-0.3, -0.25) is 4.79 Å². The minimum atomic E-state index is -3.15. The summed E-state index contributed by atoms with van der Waals surface area (Å²) >= 11 is 1.12. The third-order valence-electron chi connectivity index (χ3n) is 3.78. The lowest BCUT2D eigenvalue weighted by Gasteiger charge is -2.12. The first kappa shape index (κ1) is 15.4. The van der Waals surface area contributed by atoms with Crippen molar-refractivity contribution in [2.45, 2.75) is 13.0 Å². The summed E-state index contributed by atoms with van der Waals surface area (Å²) in [4.78, 5) is 12.0. The van der Waals surface area contributed by atoms with Crippen molar-refractivity contribution in [3.05, 3.63) is 40.0 Å². The summed E-state index contributed by atoms with van der Waals surface area (Å²) in [6, 6.07) is 9.58. The molecule has 1 aromatic heterocycles. The SMILES string of the molecule is CS(=O)(=O)N1CCC(Cn2nc(-c3ccccc3)sc2=O)C1. The van der Waals surface area contributed by atoms with Crippen LogP contribution in [0.15, 0.2) is 35.1 Å². The Balaban J connectivity index is 1.75. The Morgan fingerprint density at radius 3 is 2.68 bits per heavy atom. The lowest BCUT2D eigenvalue weighted by molar-refractivity contribution is 0.411. The van der Waals surface area contributed by atoms with Gasteiger partial charge in [-0.25, -0.2) is 17.4 Å². The van der Waals surface area contributed by atoms with Crippen molar-refractivity contribution in [2.24, 2.45) is 5.92 Å². The van der Waals surface area contributed by atoms with Gasteiger partial charge in [0.2, 0.25) is 10.0 Å². The summed E-state index contributed by atoms with van der Waals surface area (Å²) < 4.78 is 26.0. The Hall–Kier alpha value is -1.51. The molecule has 8 heteroatoms. The van der Waals surface area contributed by atoms with Gasteiger partial charge in [-0.1, -0.05) is 41.7 Å². The molecule has 0 bridgehead atoms. The van der Waals surface area contributed by atoms with Gasteiger partial charge in [0.25, 0.3) is 0 Å². The molecule has 2 aromatic rings. The van der Waals surface area contributed by atoms with Crippen LogP contribution in [0.2, 0.25) is 0 Å². The molecule has 0 amide bonds. The van der Waals surface area contributed by atoms with E-state index < -0.39 is 10.0 Å². The maximum atomic E-state index is 12.1. The minimum absolute atomic E-state index is 0.100. The van der Waals surface area contributed by atoms with E-state index in [1.165, 1.54) is 15.2 Å². The summed E-state index contributed by atoms with van der Waals surface area (Å²) in [6.07, 6.45) is 1.98. The van der Waals surface area contributed by atoms with E-state index >= 15 is 0 Å². The van der Waals surface area contributed by atoms with Crippen LogP contribution in [0.4, 0.5) is 0 Å². The summed E-state index contributed by atoms with van der Waals surface area (Å²) in [7, 11) is -3.15. The quantitative estimate of drug-likeness (QED) is 0.840. The Morgan fingerprint density at radius 1 is 1.32 bits per heavy atom. The standard InChI is InChI=1S/C14H17N3O3S2/c1-22(19,20)16-8-7-11(9-16)10-17-14(18)21-13(15-17)12-5-3-2-4-6-12/h2-6,11H,7-10H2,1H3. The molecule has 1 aliphatic heterocycles. The fourth-order valence-corrected chi connectivity index (χ4v) is 4.31. The molecule has 0 aliphatic carbocycles. The predicted molar refractivity (Wildman–Crippen MR) is 86.3 cm³/mol. The summed E-state index contributed by atoms with van der Waals surface area (Å²) in [5, 5.41) is 5.08. The van der Waals surface area contributed by atoms with Gasteiger partial charge in [-0.15, -0.1) is 0 Å². The van der Waals surface area contributed by atoms with E-state index in [1.54, 1.807) is 0 Å². The lowest BCUT2D eigenvalue weighted by atomic mass is 10.1. The molecule has 0 radical (unpaired) electrons. The zero-order valence-electron chi connectivity index (χ0n) is 12.2. The van der Waals surface area contributed by atoms with E-state index in [1.807, 2.05) is 30.3 Å². The van der Waals surface area contributed by atoms with Crippen LogP contribution in [0.25, 0.3) is 10.6 Å². The highest BCUT2D eigenvalue weighted by molar-refractivity contribution is 7.88. The smallest absolute Gasteiger partial charge is 0.255 e. The molecule has 1 aromatic carbocycles. The third kappa shape index (κ3) is 3.29. The molecule has 1 saturated heterocycles. The average molecular weight is 339 g/mol.